The van der Waals surface area contributed by atoms with E-state index in [1.54, 1.807) is 0 Å². The Kier molecular flexibility index (Phi) is 7.46. The molecule has 0 saturated carbocycles. The molecular formula is C15H26N2O. The fraction of sp³-hybridized carbons (Fsp3) is 0.600. The van der Waals surface area contributed by atoms with Gasteiger partial charge in [-0.15, -0.1) is 0 Å². The number of rotatable bonds is 9. The van der Waals surface area contributed by atoms with Gasteiger partial charge >= 0.3 is 0 Å². The van der Waals surface area contributed by atoms with Crippen molar-refractivity contribution in [1.29, 1.82) is 0 Å². The van der Waals surface area contributed by atoms with Gasteiger partial charge in [0.2, 0.25) is 0 Å². The van der Waals surface area contributed by atoms with Crippen LogP contribution in [0.15, 0.2) is 24.3 Å². The molecule has 3 heteroatoms. The van der Waals surface area contributed by atoms with Crippen molar-refractivity contribution in [2.45, 2.75) is 39.8 Å². The molecule has 0 aliphatic carbocycles. The number of benzene rings is 1. The molecule has 0 spiro atoms. The molecule has 3 nitrogen and oxygen atoms in total. The highest BCUT2D eigenvalue weighted by Gasteiger charge is 2.01. The Morgan fingerprint density at radius 2 is 1.94 bits per heavy atom. The van der Waals surface area contributed by atoms with Crippen LogP contribution in [0, 0.1) is 0 Å². The van der Waals surface area contributed by atoms with E-state index in [1.165, 1.54) is 5.56 Å². The van der Waals surface area contributed by atoms with Gasteiger partial charge in [0, 0.05) is 18.2 Å². The number of para-hydroxylation sites is 1. The van der Waals surface area contributed by atoms with E-state index in [9.17, 15) is 0 Å². The monoisotopic (exact) mass is 250 g/mol. The summed E-state index contributed by atoms with van der Waals surface area (Å²) in [5.41, 5.74) is 1.23. The van der Waals surface area contributed by atoms with Gasteiger partial charge in [-0.05, 0) is 32.5 Å². The highest BCUT2D eigenvalue weighted by Crippen LogP contribution is 2.17. The van der Waals surface area contributed by atoms with Crippen molar-refractivity contribution in [3.63, 3.8) is 0 Å². The highest BCUT2D eigenvalue weighted by molar-refractivity contribution is 5.33. The minimum absolute atomic E-state index is 0.573. The first kappa shape index (κ1) is 15.0. The molecule has 1 aromatic rings. The predicted octanol–water partition coefficient (Wildman–Crippen LogP) is 2.56. The Balaban J connectivity index is 2.22. The zero-order chi connectivity index (χ0) is 13.2. The molecule has 1 aromatic carbocycles. The molecule has 1 rings (SSSR count). The third-order valence-corrected chi connectivity index (χ3v) is 2.67. The molecule has 0 aromatic heterocycles. The SMILES string of the molecule is CCOc1ccccc1CNCCCNC(C)C. The van der Waals surface area contributed by atoms with E-state index in [1.807, 2.05) is 19.1 Å². The van der Waals surface area contributed by atoms with Crippen molar-refractivity contribution in [3.8, 4) is 5.75 Å². The largest absolute Gasteiger partial charge is 0.494 e. The fourth-order valence-corrected chi connectivity index (χ4v) is 1.77. The van der Waals surface area contributed by atoms with Gasteiger partial charge < -0.3 is 15.4 Å². The first-order valence-electron chi connectivity index (χ1n) is 6.88. The van der Waals surface area contributed by atoms with Crippen molar-refractivity contribution in [2.24, 2.45) is 0 Å². The minimum Gasteiger partial charge on any atom is -0.494 e. The summed E-state index contributed by atoms with van der Waals surface area (Å²) in [7, 11) is 0. The maximum absolute atomic E-state index is 5.59. The molecule has 0 saturated heterocycles. The quantitative estimate of drug-likeness (QED) is 0.661. The Morgan fingerprint density at radius 3 is 2.67 bits per heavy atom. The summed E-state index contributed by atoms with van der Waals surface area (Å²) >= 11 is 0. The van der Waals surface area contributed by atoms with Crippen LogP contribution in [0.3, 0.4) is 0 Å². The van der Waals surface area contributed by atoms with Gasteiger partial charge in [0.05, 0.1) is 6.61 Å². The number of hydrogen-bond donors (Lipinski definition) is 2. The van der Waals surface area contributed by atoms with E-state index in [-0.39, 0.29) is 0 Å². The third kappa shape index (κ3) is 6.03. The van der Waals surface area contributed by atoms with Crippen LogP contribution in [-0.2, 0) is 6.54 Å². The molecule has 0 aliphatic rings. The van der Waals surface area contributed by atoms with E-state index >= 15 is 0 Å². The first-order chi connectivity index (χ1) is 8.74. The molecule has 102 valence electrons. The van der Waals surface area contributed by atoms with E-state index in [0.29, 0.717) is 6.04 Å². The Hall–Kier alpha value is -1.06. The van der Waals surface area contributed by atoms with Gasteiger partial charge in [-0.3, -0.25) is 0 Å². The van der Waals surface area contributed by atoms with Gasteiger partial charge in [0.15, 0.2) is 0 Å². The van der Waals surface area contributed by atoms with Crippen molar-refractivity contribution in [1.82, 2.24) is 10.6 Å². The molecule has 2 N–H and O–H groups in total. The summed E-state index contributed by atoms with van der Waals surface area (Å²) in [6, 6.07) is 8.79. The lowest BCUT2D eigenvalue weighted by Crippen LogP contribution is -2.26. The lowest BCUT2D eigenvalue weighted by Gasteiger charge is -2.11. The average molecular weight is 250 g/mol. The van der Waals surface area contributed by atoms with E-state index < -0.39 is 0 Å². The summed E-state index contributed by atoms with van der Waals surface area (Å²) in [6.07, 6.45) is 1.15. The van der Waals surface area contributed by atoms with E-state index in [0.717, 1.165) is 38.4 Å². The fourth-order valence-electron chi connectivity index (χ4n) is 1.77. The van der Waals surface area contributed by atoms with Gasteiger partial charge in [-0.25, -0.2) is 0 Å². The zero-order valence-electron chi connectivity index (χ0n) is 11.8. The summed E-state index contributed by atoms with van der Waals surface area (Å²) in [6.45, 7) is 10.0. The third-order valence-electron chi connectivity index (χ3n) is 2.67. The highest BCUT2D eigenvalue weighted by atomic mass is 16.5. The van der Waals surface area contributed by atoms with E-state index in [2.05, 4.69) is 36.6 Å². The lowest BCUT2D eigenvalue weighted by molar-refractivity contribution is 0.335. The molecule has 0 atom stereocenters. The topological polar surface area (TPSA) is 33.3 Å². The predicted molar refractivity (Wildman–Crippen MR) is 77.1 cm³/mol. The van der Waals surface area contributed by atoms with Crippen LogP contribution in [0.4, 0.5) is 0 Å². The van der Waals surface area contributed by atoms with Gasteiger partial charge in [0.25, 0.3) is 0 Å². The molecule has 0 heterocycles. The second-order valence-corrected chi connectivity index (χ2v) is 4.68. The number of nitrogens with one attached hydrogen (secondary N) is 2. The van der Waals surface area contributed by atoms with Crippen molar-refractivity contribution in [2.75, 3.05) is 19.7 Å². The molecule has 0 fully saturated rings. The number of ether oxygens (including phenoxy) is 1. The van der Waals surface area contributed by atoms with Crippen molar-refractivity contribution >= 4 is 0 Å². The summed E-state index contributed by atoms with van der Waals surface area (Å²) in [5.74, 6) is 0.993. The summed E-state index contributed by atoms with van der Waals surface area (Å²) < 4.78 is 5.59. The summed E-state index contributed by atoms with van der Waals surface area (Å²) in [4.78, 5) is 0. The average Bonchev–Trinajstić information content (AvgIpc) is 2.35. The second-order valence-electron chi connectivity index (χ2n) is 4.68. The molecule has 0 unspecified atom stereocenters. The van der Waals surface area contributed by atoms with Crippen LogP contribution in [0.1, 0.15) is 32.8 Å². The molecule has 18 heavy (non-hydrogen) atoms. The van der Waals surface area contributed by atoms with Crippen LogP contribution >= 0.6 is 0 Å². The lowest BCUT2D eigenvalue weighted by atomic mass is 10.2. The molecule has 0 amide bonds. The maximum Gasteiger partial charge on any atom is 0.123 e. The maximum atomic E-state index is 5.59. The standard InChI is InChI=1S/C15H26N2O/c1-4-18-15-9-6-5-8-14(15)12-16-10-7-11-17-13(2)3/h5-6,8-9,13,16-17H,4,7,10-12H2,1-3H3. The van der Waals surface area contributed by atoms with Crippen molar-refractivity contribution < 1.29 is 4.74 Å². The Morgan fingerprint density at radius 1 is 1.17 bits per heavy atom. The van der Waals surface area contributed by atoms with Crippen molar-refractivity contribution in [3.05, 3.63) is 29.8 Å². The number of hydrogen-bond acceptors (Lipinski definition) is 3. The minimum atomic E-state index is 0.573. The van der Waals surface area contributed by atoms with Crippen LogP contribution in [0.25, 0.3) is 0 Å². The van der Waals surface area contributed by atoms with Gasteiger partial charge in [-0.1, -0.05) is 32.0 Å². The van der Waals surface area contributed by atoms with Crippen LogP contribution in [-0.4, -0.2) is 25.7 Å². The summed E-state index contributed by atoms with van der Waals surface area (Å²) in [5, 5.41) is 6.87. The zero-order valence-corrected chi connectivity index (χ0v) is 11.8. The first-order valence-corrected chi connectivity index (χ1v) is 6.88. The van der Waals surface area contributed by atoms with Crippen LogP contribution in [0.2, 0.25) is 0 Å². The Bertz CT molecular complexity index is 326. The van der Waals surface area contributed by atoms with Crippen LogP contribution in [0.5, 0.6) is 5.75 Å². The molecule has 0 bridgehead atoms. The van der Waals surface area contributed by atoms with Crippen LogP contribution < -0.4 is 15.4 Å². The van der Waals surface area contributed by atoms with E-state index in [4.69, 9.17) is 4.74 Å². The molecule has 0 aliphatic heterocycles. The smallest absolute Gasteiger partial charge is 0.123 e. The molecule has 0 radical (unpaired) electrons. The van der Waals surface area contributed by atoms with Gasteiger partial charge in [0.1, 0.15) is 5.75 Å². The normalized spacial score (nSPS) is 10.9. The molecular weight excluding hydrogens is 224 g/mol. The second kappa shape index (κ2) is 8.95. The van der Waals surface area contributed by atoms with Gasteiger partial charge in [-0.2, -0.15) is 0 Å². The Labute approximate surface area is 111 Å².